The fourth-order valence-electron chi connectivity index (χ4n) is 1.78. The van der Waals surface area contributed by atoms with Crippen LogP contribution in [0.5, 0.6) is 0 Å². The van der Waals surface area contributed by atoms with E-state index < -0.39 is 11.9 Å². The van der Waals surface area contributed by atoms with Gasteiger partial charge in [0.05, 0.1) is 18.1 Å². The molecular formula is C17H14N2O3. The van der Waals surface area contributed by atoms with Gasteiger partial charge in [-0.25, -0.2) is 4.79 Å². The van der Waals surface area contributed by atoms with Gasteiger partial charge in [0.1, 0.15) is 0 Å². The zero-order valence-electron chi connectivity index (χ0n) is 11.8. The Labute approximate surface area is 128 Å². The molecule has 0 heterocycles. The van der Waals surface area contributed by atoms with Gasteiger partial charge in [-0.2, -0.15) is 5.26 Å². The molecule has 1 amide bonds. The van der Waals surface area contributed by atoms with E-state index in [2.05, 4.69) is 5.32 Å². The van der Waals surface area contributed by atoms with Crippen LogP contribution in [0, 0.1) is 11.3 Å². The highest BCUT2D eigenvalue weighted by Crippen LogP contribution is 2.10. The number of nitriles is 1. The van der Waals surface area contributed by atoms with Crippen LogP contribution in [0.4, 0.5) is 5.69 Å². The molecule has 2 rings (SSSR count). The zero-order chi connectivity index (χ0) is 15.8. The zero-order valence-corrected chi connectivity index (χ0v) is 11.8. The summed E-state index contributed by atoms with van der Waals surface area (Å²) in [6, 6.07) is 17.4. The lowest BCUT2D eigenvalue weighted by atomic mass is 10.1. The molecule has 0 saturated heterocycles. The summed E-state index contributed by atoms with van der Waals surface area (Å²) in [5, 5.41) is 11.2. The van der Waals surface area contributed by atoms with Crippen LogP contribution in [0.15, 0.2) is 54.6 Å². The fourth-order valence-corrected chi connectivity index (χ4v) is 1.78. The van der Waals surface area contributed by atoms with Crippen LogP contribution in [0.25, 0.3) is 0 Å². The first-order valence-corrected chi connectivity index (χ1v) is 6.67. The van der Waals surface area contributed by atoms with Gasteiger partial charge in [0, 0.05) is 5.69 Å². The average molecular weight is 294 g/mol. The van der Waals surface area contributed by atoms with Crippen molar-refractivity contribution < 1.29 is 14.3 Å². The molecule has 22 heavy (non-hydrogen) atoms. The molecule has 0 bridgehead atoms. The molecule has 0 aliphatic heterocycles. The molecule has 0 spiro atoms. The van der Waals surface area contributed by atoms with Gasteiger partial charge in [-0.3, -0.25) is 4.79 Å². The quantitative estimate of drug-likeness (QED) is 0.859. The third-order valence-electron chi connectivity index (χ3n) is 2.86. The van der Waals surface area contributed by atoms with Crippen LogP contribution in [0.2, 0.25) is 0 Å². The Morgan fingerprint density at radius 1 is 1.05 bits per heavy atom. The summed E-state index contributed by atoms with van der Waals surface area (Å²) in [6.45, 7) is -0.353. The molecule has 0 aliphatic rings. The minimum absolute atomic E-state index is 0.322. The predicted octanol–water partition coefficient (Wildman–Crippen LogP) is 2.55. The van der Waals surface area contributed by atoms with E-state index in [0.29, 0.717) is 17.7 Å². The van der Waals surface area contributed by atoms with E-state index in [0.717, 1.165) is 5.56 Å². The third-order valence-corrected chi connectivity index (χ3v) is 2.86. The maximum Gasteiger partial charge on any atom is 0.338 e. The lowest BCUT2D eigenvalue weighted by molar-refractivity contribution is -0.119. The van der Waals surface area contributed by atoms with E-state index >= 15 is 0 Å². The van der Waals surface area contributed by atoms with Crippen LogP contribution >= 0.6 is 0 Å². The van der Waals surface area contributed by atoms with Crippen molar-refractivity contribution in [1.29, 1.82) is 5.26 Å². The minimum atomic E-state index is -0.542. The predicted molar refractivity (Wildman–Crippen MR) is 81.1 cm³/mol. The number of esters is 1. The monoisotopic (exact) mass is 294 g/mol. The summed E-state index contributed by atoms with van der Waals surface area (Å²) in [5.74, 6) is -0.961. The summed E-state index contributed by atoms with van der Waals surface area (Å²) in [5.41, 5.74) is 1.86. The third kappa shape index (κ3) is 4.46. The highest BCUT2D eigenvalue weighted by molar-refractivity contribution is 5.95. The van der Waals surface area contributed by atoms with Gasteiger partial charge in [-0.05, 0) is 29.8 Å². The summed E-state index contributed by atoms with van der Waals surface area (Å²) >= 11 is 0. The van der Waals surface area contributed by atoms with Gasteiger partial charge in [0.25, 0.3) is 5.91 Å². The van der Waals surface area contributed by atoms with Crippen LogP contribution in [-0.2, 0) is 16.0 Å². The van der Waals surface area contributed by atoms with E-state index in [1.165, 1.54) is 0 Å². The van der Waals surface area contributed by atoms with E-state index in [4.69, 9.17) is 10.00 Å². The molecule has 2 aromatic carbocycles. The van der Waals surface area contributed by atoms with Crippen LogP contribution in [0.1, 0.15) is 15.9 Å². The highest BCUT2D eigenvalue weighted by atomic mass is 16.5. The first kappa shape index (κ1) is 15.3. The van der Waals surface area contributed by atoms with Gasteiger partial charge in [0.15, 0.2) is 6.61 Å². The second-order valence-corrected chi connectivity index (χ2v) is 4.52. The van der Waals surface area contributed by atoms with E-state index in [1.807, 2.05) is 6.07 Å². The number of rotatable bonds is 5. The molecule has 0 radical (unpaired) electrons. The van der Waals surface area contributed by atoms with Gasteiger partial charge in [-0.1, -0.05) is 30.3 Å². The van der Waals surface area contributed by atoms with Crippen molar-refractivity contribution in [1.82, 2.24) is 0 Å². The van der Waals surface area contributed by atoms with E-state index in [1.54, 1.807) is 54.6 Å². The number of hydrogen-bond acceptors (Lipinski definition) is 4. The Balaban J connectivity index is 1.83. The number of benzene rings is 2. The molecular weight excluding hydrogens is 280 g/mol. The van der Waals surface area contributed by atoms with Crippen LogP contribution in [0.3, 0.4) is 0 Å². The number of amides is 1. The summed E-state index contributed by atoms with van der Waals surface area (Å²) in [6.07, 6.45) is 0.322. The fraction of sp³-hybridized carbons (Fsp3) is 0.118. The number of nitrogens with zero attached hydrogens (tertiary/aromatic N) is 1. The largest absolute Gasteiger partial charge is 0.452 e. The second kappa shape index (κ2) is 7.60. The molecule has 0 aromatic heterocycles. The second-order valence-electron chi connectivity index (χ2n) is 4.52. The van der Waals surface area contributed by atoms with Crippen LogP contribution < -0.4 is 5.32 Å². The molecule has 0 atom stereocenters. The van der Waals surface area contributed by atoms with Gasteiger partial charge in [0.2, 0.25) is 0 Å². The molecule has 0 unspecified atom stereocenters. The summed E-state index contributed by atoms with van der Waals surface area (Å²) in [7, 11) is 0. The molecule has 1 N–H and O–H groups in total. The van der Waals surface area contributed by atoms with Crippen molar-refractivity contribution in [2.24, 2.45) is 0 Å². The lowest BCUT2D eigenvalue weighted by Gasteiger charge is -2.07. The standard InChI is InChI=1S/C17H14N2O3/c18-11-10-13-6-8-15(9-7-13)19-16(20)12-22-17(21)14-4-2-1-3-5-14/h1-9H,10,12H2,(H,19,20). The highest BCUT2D eigenvalue weighted by Gasteiger charge is 2.09. The maximum absolute atomic E-state index is 11.7. The Bertz CT molecular complexity index is 688. The minimum Gasteiger partial charge on any atom is -0.452 e. The Hall–Kier alpha value is -3.13. The summed E-state index contributed by atoms with van der Waals surface area (Å²) < 4.78 is 4.93. The number of ether oxygens (including phenoxy) is 1. The SMILES string of the molecule is N#CCc1ccc(NC(=O)COC(=O)c2ccccc2)cc1. The average Bonchev–Trinajstić information content (AvgIpc) is 2.55. The smallest absolute Gasteiger partial charge is 0.338 e. The molecule has 2 aromatic rings. The first-order chi connectivity index (χ1) is 10.7. The topological polar surface area (TPSA) is 79.2 Å². The van der Waals surface area contributed by atoms with Gasteiger partial charge >= 0.3 is 5.97 Å². The number of anilines is 1. The lowest BCUT2D eigenvalue weighted by Crippen LogP contribution is -2.20. The number of nitrogens with one attached hydrogen (secondary N) is 1. The first-order valence-electron chi connectivity index (χ1n) is 6.67. The van der Waals surface area contributed by atoms with E-state index in [-0.39, 0.29) is 6.61 Å². The van der Waals surface area contributed by atoms with Crippen molar-refractivity contribution >= 4 is 17.6 Å². The van der Waals surface area contributed by atoms with Crippen molar-refractivity contribution in [2.75, 3.05) is 11.9 Å². The van der Waals surface area contributed by atoms with Gasteiger partial charge in [-0.15, -0.1) is 0 Å². The molecule has 110 valence electrons. The molecule has 5 heteroatoms. The maximum atomic E-state index is 11.7. The van der Waals surface area contributed by atoms with Crippen LogP contribution in [-0.4, -0.2) is 18.5 Å². The van der Waals surface area contributed by atoms with Crippen molar-refractivity contribution in [3.63, 3.8) is 0 Å². The van der Waals surface area contributed by atoms with Crippen molar-refractivity contribution in [3.05, 3.63) is 65.7 Å². The molecule has 0 saturated carbocycles. The Kier molecular flexibility index (Phi) is 5.27. The number of hydrogen-bond donors (Lipinski definition) is 1. The van der Waals surface area contributed by atoms with Gasteiger partial charge < -0.3 is 10.1 Å². The molecule has 0 aliphatic carbocycles. The molecule has 5 nitrogen and oxygen atoms in total. The Morgan fingerprint density at radius 2 is 1.73 bits per heavy atom. The summed E-state index contributed by atoms with van der Waals surface area (Å²) in [4.78, 5) is 23.4. The molecule has 0 fully saturated rings. The normalized spacial score (nSPS) is 9.59. The number of carbonyl (C=O) groups is 2. The van der Waals surface area contributed by atoms with Crippen molar-refractivity contribution in [3.8, 4) is 6.07 Å². The number of carbonyl (C=O) groups excluding carboxylic acids is 2. The van der Waals surface area contributed by atoms with E-state index in [9.17, 15) is 9.59 Å². The Morgan fingerprint density at radius 3 is 2.36 bits per heavy atom. The van der Waals surface area contributed by atoms with Crippen molar-refractivity contribution in [2.45, 2.75) is 6.42 Å².